The van der Waals surface area contributed by atoms with Crippen molar-refractivity contribution in [3.8, 4) is 0 Å². The van der Waals surface area contributed by atoms with Gasteiger partial charge in [0.1, 0.15) is 5.58 Å². The number of nitrogens with zero attached hydrogens (tertiary/aromatic N) is 2. The zero-order valence-corrected chi connectivity index (χ0v) is 17.9. The Morgan fingerprint density at radius 3 is 2.50 bits per heavy atom. The summed E-state index contributed by atoms with van der Waals surface area (Å²) < 4.78 is 30.1. The van der Waals surface area contributed by atoms with Crippen molar-refractivity contribution in [3.05, 3.63) is 70.6 Å². The summed E-state index contributed by atoms with van der Waals surface area (Å²) in [6.45, 7) is 6.09. The van der Waals surface area contributed by atoms with Gasteiger partial charge in [0.15, 0.2) is 9.84 Å². The predicted molar refractivity (Wildman–Crippen MR) is 119 cm³/mol. The zero-order valence-electron chi connectivity index (χ0n) is 17.1. The van der Waals surface area contributed by atoms with E-state index in [1.807, 2.05) is 31.2 Å². The monoisotopic (exact) mass is 426 g/mol. The second-order valence-corrected chi connectivity index (χ2v) is 9.82. The molecule has 6 nitrogen and oxygen atoms in total. The largest absolute Gasteiger partial charge is 0.423 e. The Morgan fingerprint density at radius 1 is 0.967 bits per heavy atom. The van der Waals surface area contributed by atoms with Gasteiger partial charge in [0.2, 0.25) is 0 Å². The highest BCUT2D eigenvalue weighted by Gasteiger charge is 2.20. The number of hydrogen-bond acceptors (Lipinski definition) is 6. The SMILES string of the molecule is CCCS(=O)(=O)c1cccc(N2CCN(Cc3ccc4ccc(=O)oc4c3)CC2)c1. The molecule has 1 aliphatic heterocycles. The normalized spacial score (nSPS) is 15.6. The van der Waals surface area contributed by atoms with E-state index < -0.39 is 9.84 Å². The van der Waals surface area contributed by atoms with E-state index in [9.17, 15) is 13.2 Å². The van der Waals surface area contributed by atoms with Gasteiger partial charge in [0, 0.05) is 49.9 Å². The number of piperazine rings is 1. The van der Waals surface area contributed by atoms with Crippen LogP contribution < -0.4 is 10.5 Å². The molecular weight excluding hydrogens is 400 g/mol. The molecule has 0 amide bonds. The Morgan fingerprint density at radius 2 is 1.73 bits per heavy atom. The van der Waals surface area contributed by atoms with Crippen LogP contribution in [0, 0.1) is 0 Å². The third kappa shape index (κ3) is 4.57. The van der Waals surface area contributed by atoms with Gasteiger partial charge >= 0.3 is 5.63 Å². The van der Waals surface area contributed by atoms with Crippen LogP contribution in [0.2, 0.25) is 0 Å². The summed E-state index contributed by atoms with van der Waals surface area (Å²) in [7, 11) is -3.21. The molecule has 3 aromatic rings. The van der Waals surface area contributed by atoms with Gasteiger partial charge < -0.3 is 9.32 Å². The molecule has 0 N–H and O–H groups in total. The summed E-state index contributed by atoms with van der Waals surface area (Å²) in [4.78, 5) is 16.5. The second kappa shape index (κ2) is 8.62. The summed E-state index contributed by atoms with van der Waals surface area (Å²) in [6.07, 6.45) is 0.615. The molecule has 1 aliphatic rings. The first-order valence-corrected chi connectivity index (χ1v) is 11.9. The molecule has 0 atom stereocenters. The van der Waals surface area contributed by atoms with E-state index in [-0.39, 0.29) is 11.4 Å². The first-order valence-electron chi connectivity index (χ1n) is 10.3. The smallest absolute Gasteiger partial charge is 0.336 e. The predicted octanol–water partition coefficient (Wildman–Crippen LogP) is 3.30. The minimum atomic E-state index is -3.21. The molecule has 1 aromatic heterocycles. The van der Waals surface area contributed by atoms with Crippen LogP contribution in [0.1, 0.15) is 18.9 Å². The molecule has 0 unspecified atom stereocenters. The van der Waals surface area contributed by atoms with Crippen molar-refractivity contribution in [2.75, 3.05) is 36.8 Å². The molecule has 0 radical (unpaired) electrons. The summed E-state index contributed by atoms with van der Waals surface area (Å²) in [6, 6.07) is 16.5. The highest BCUT2D eigenvalue weighted by Crippen LogP contribution is 2.23. The summed E-state index contributed by atoms with van der Waals surface area (Å²) >= 11 is 0. The fourth-order valence-corrected chi connectivity index (χ4v) is 5.25. The van der Waals surface area contributed by atoms with Crippen LogP contribution in [0.15, 0.2) is 68.7 Å². The Bertz CT molecular complexity index is 1200. The highest BCUT2D eigenvalue weighted by molar-refractivity contribution is 7.91. The Balaban J connectivity index is 1.41. The van der Waals surface area contributed by atoms with Crippen molar-refractivity contribution < 1.29 is 12.8 Å². The van der Waals surface area contributed by atoms with Crippen molar-refractivity contribution in [1.29, 1.82) is 0 Å². The number of hydrogen-bond donors (Lipinski definition) is 0. The lowest BCUT2D eigenvalue weighted by Crippen LogP contribution is -2.46. The maximum Gasteiger partial charge on any atom is 0.336 e. The lowest BCUT2D eigenvalue weighted by molar-refractivity contribution is 0.250. The van der Waals surface area contributed by atoms with Crippen LogP contribution >= 0.6 is 0 Å². The number of benzene rings is 2. The van der Waals surface area contributed by atoms with E-state index in [2.05, 4.69) is 15.9 Å². The quantitative estimate of drug-likeness (QED) is 0.563. The molecule has 158 valence electrons. The van der Waals surface area contributed by atoms with Crippen molar-refractivity contribution in [2.24, 2.45) is 0 Å². The molecule has 1 saturated heterocycles. The molecule has 2 heterocycles. The van der Waals surface area contributed by atoms with Gasteiger partial charge in [-0.1, -0.05) is 25.1 Å². The number of rotatable bonds is 6. The van der Waals surface area contributed by atoms with Crippen LogP contribution in [0.3, 0.4) is 0 Å². The van der Waals surface area contributed by atoms with Crippen LogP contribution in [-0.4, -0.2) is 45.2 Å². The van der Waals surface area contributed by atoms with Crippen LogP contribution in [-0.2, 0) is 16.4 Å². The van der Waals surface area contributed by atoms with E-state index in [4.69, 9.17) is 4.42 Å². The Labute approximate surface area is 176 Å². The van der Waals surface area contributed by atoms with Crippen molar-refractivity contribution in [1.82, 2.24) is 4.90 Å². The molecule has 30 heavy (non-hydrogen) atoms. The molecule has 0 bridgehead atoms. The molecule has 0 aliphatic carbocycles. The highest BCUT2D eigenvalue weighted by atomic mass is 32.2. The van der Waals surface area contributed by atoms with Crippen molar-refractivity contribution in [2.45, 2.75) is 24.8 Å². The van der Waals surface area contributed by atoms with E-state index in [0.717, 1.165) is 49.4 Å². The van der Waals surface area contributed by atoms with Crippen molar-refractivity contribution >= 4 is 26.5 Å². The third-order valence-electron chi connectivity index (χ3n) is 5.48. The van der Waals surface area contributed by atoms with E-state index >= 15 is 0 Å². The first-order chi connectivity index (χ1) is 14.4. The summed E-state index contributed by atoms with van der Waals surface area (Å²) in [5.74, 6) is 0.177. The van der Waals surface area contributed by atoms with Gasteiger partial charge in [-0.3, -0.25) is 4.90 Å². The van der Waals surface area contributed by atoms with Gasteiger partial charge in [0.05, 0.1) is 10.6 Å². The minimum Gasteiger partial charge on any atom is -0.423 e. The zero-order chi connectivity index (χ0) is 21.1. The summed E-state index contributed by atoms with van der Waals surface area (Å²) in [5.41, 5.74) is 2.34. The van der Waals surface area contributed by atoms with Gasteiger partial charge in [-0.2, -0.15) is 0 Å². The van der Waals surface area contributed by atoms with E-state index in [1.165, 1.54) is 6.07 Å². The lowest BCUT2D eigenvalue weighted by Gasteiger charge is -2.36. The molecule has 0 saturated carbocycles. The first kappa shape index (κ1) is 20.6. The average Bonchev–Trinajstić information content (AvgIpc) is 2.74. The molecule has 1 fully saturated rings. The Kier molecular flexibility index (Phi) is 5.92. The van der Waals surface area contributed by atoms with Crippen LogP contribution in [0.4, 0.5) is 5.69 Å². The second-order valence-electron chi connectivity index (χ2n) is 7.71. The standard InChI is InChI=1S/C23H26N2O4S/c1-2-14-30(27,28)21-5-3-4-20(16-21)25-12-10-24(11-13-25)17-18-6-7-19-8-9-23(26)29-22(19)15-18/h3-9,15-16H,2,10-14,17H2,1H3. The minimum absolute atomic E-state index is 0.177. The third-order valence-corrected chi connectivity index (χ3v) is 7.40. The lowest BCUT2D eigenvalue weighted by atomic mass is 10.1. The number of sulfone groups is 1. The molecule has 4 rings (SSSR count). The van der Waals surface area contributed by atoms with E-state index in [1.54, 1.807) is 18.2 Å². The van der Waals surface area contributed by atoms with Gasteiger partial charge in [-0.05, 0) is 42.3 Å². The van der Waals surface area contributed by atoms with Crippen LogP contribution in [0.25, 0.3) is 11.0 Å². The maximum absolute atomic E-state index is 12.4. The maximum atomic E-state index is 12.4. The van der Waals surface area contributed by atoms with Gasteiger partial charge in [-0.15, -0.1) is 0 Å². The Hall–Kier alpha value is -2.64. The average molecular weight is 427 g/mol. The van der Waals surface area contributed by atoms with E-state index in [0.29, 0.717) is 16.9 Å². The molecule has 7 heteroatoms. The van der Waals surface area contributed by atoms with Gasteiger partial charge in [-0.25, -0.2) is 13.2 Å². The molecule has 0 spiro atoms. The van der Waals surface area contributed by atoms with Crippen LogP contribution in [0.5, 0.6) is 0 Å². The van der Waals surface area contributed by atoms with Crippen molar-refractivity contribution in [3.63, 3.8) is 0 Å². The van der Waals surface area contributed by atoms with Gasteiger partial charge in [0.25, 0.3) is 0 Å². The molecule has 2 aromatic carbocycles. The fourth-order valence-electron chi connectivity index (χ4n) is 3.89. The molecular formula is C23H26N2O4S. The number of anilines is 1. The summed E-state index contributed by atoms with van der Waals surface area (Å²) in [5, 5.41) is 0.918. The topological polar surface area (TPSA) is 70.8 Å². The number of fused-ring (bicyclic) bond motifs is 1. The fraction of sp³-hybridized carbons (Fsp3) is 0.348.